The minimum absolute atomic E-state index is 0.0753. The Hall–Kier alpha value is -2.63. The normalized spacial score (nSPS) is 11.0. The molecule has 0 aliphatic carbocycles. The van der Waals surface area contributed by atoms with Gasteiger partial charge in [0.15, 0.2) is 0 Å². The molecule has 2 rings (SSSR count). The van der Waals surface area contributed by atoms with Crippen LogP contribution in [0.3, 0.4) is 0 Å². The molecule has 1 aromatic heterocycles. The Balaban J connectivity index is 2.37. The predicted molar refractivity (Wildman–Crippen MR) is 96.2 cm³/mol. The van der Waals surface area contributed by atoms with E-state index in [0.29, 0.717) is 5.56 Å². The lowest BCUT2D eigenvalue weighted by Gasteiger charge is -2.26. The van der Waals surface area contributed by atoms with Crippen LogP contribution in [0.4, 0.5) is 0 Å². The van der Waals surface area contributed by atoms with Gasteiger partial charge in [0, 0.05) is 12.6 Å². The van der Waals surface area contributed by atoms with E-state index >= 15 is 0 Å². The summed E-state index contributed by atoms with van der Waals surface area (Å²) < 4.78 is 1.77. The molecule has 0 aliphatic rings. The molecule has 0 saturated heterocycles. The standard InChI is InChI=1S/C19H25N3O3/c1-12(2)21(9-8-18(23)24)19(25)16-11-20-22(15(16)5)17-10-13(3)6-7-14(17)4/h6-7,10-12H,8-9H2,1-5H3,(H,23,24). The zero-order valence-corrected chi connectivity index (χ0v) is 15.4. The van der Waals surface area contributed by atoms with Crippen molar-refractivity contribution in [2.45, 2.75) is 47.1 Å². The topological polar surface area (TPSA) is 75.4 Å². The van der Waals surface area contributed by atoms with Crippen LogP contribution >= 0.6 is 0 Å². The van der Waals surface area contributed by atoms with Gasteiger partial charge in [0.2, 0.25) is 0 Å². The van der Waals surface area contributed by atoms with Crippen molar-refractivity contribution in [1.29, 1.82) is 0 Å². The Kier molecular flexibility index (Phi) is 5.62. The van der Waals surface area contributed by atoms with Gasteiger partial charge in [-0.15, -0.1) is 0 Å². The van der Waals surface area contributed by atoms with E-state index in [-0.39, 0.29) is 24.9 Å². The minimum Gasteiger partial charge on any atom is -0.481 e. The Morgan fingerprint density at radius 2 is 1.92 bits per heavy atom. The molecule has 0 fully saturated rings. The van der Waals surface area contributed by atoms with Crippen molar-refractivity contribution in [2.24, 2.45) is 0 Å². The molecular weight excluding hydrogens is 318 g/mol. The van der Waals surface area contributed by atoms with Crippen LogP contribution in [0.15, 0.2) is 24.4 Å². The highest BCUT2D eigenvalue weighted by Crippen LogP contribution is 2.21. The lowest BCUT2D eigenvalue weighted by atomic mass is 10.1. The fourth-order valence-corrected chi connectivity index (χ4v) is 2.78. The molecule has 0 unspecified atom stereocenters. The molecular formula is C19H25N3O3. The summed E-state index contributed by atoms with van der Waals surface area (Å²) in [6, 6.07) is 6.01. The number of nitrogens with zero attached hydrogens (tertiary/aromatic N) is 3. The molecule has 1 amide bonds. The van der Waals surface area contributed by atoms with Crippen LogP contribution in [0, 0.1) is 20.8 Å². The van der Waals surface area contributed by atoms with Crippen molar-refractivity contribution < 1.29 is 14.7 Å². The van der Waals surface area contributed by atoms with Gasteiger partial charge < -0.3 is 10.0 Å². The van der Waals surface area contributed by atoms with Gasteiger partial charge in [-0.1, -0.05) is 12.1 Å². The number of aromatic nitrogens is 2. The van der Waals surface area contributed by atoms with Crippen LogP contribution in [-0.2, 0) is 4.79 Å². The molecule has 0 saturated carbocycles. The lowest BCUT2D eigenvalue weighted by Crippen LogP contribution is -2.38. The number of carboxylic acid groups (broad SMARTS) is 1. The second-order valence-electron chi connectivity index (χ2n) is 6.58. The first-order chi connectivity index (χ1) is 11.7. The van der Waals surface area contributed by atoms with Crippen LogP contribution in [0.5, 0.6) is 0 Å². The van der Waals surface area contributed by atoms with Gasteiger partial charge in [-0.2, -0.15) is 5.10 Å². The van der Waals surface area contributed by atoms with Gasteiger partial charge in [-0.05, 0) is 51.8 Å². The smallest absolute Gasteiger partial charge is 0.305 e. The molecule has 134 valence electrons. The Morgan fingerprint density at radius 1 is 1.24 bits per heavy atom. The highest BCUT2D eigenvalue weighted by molar-refractivity contribution is 5.95. The van der Waals surface area contributed by atoms with Gasteiger partial charge in [-0.25, -0.2) is 4.68 Å². The molecule has 6 heteroatoms. The second kappa shape index (κ2) is 7.51. The summed E-state index contributed by atoms with van der Waals surface area (Å²) >= 11 is 0. The second-order valence-corrected chi connectivity index (χ2v) is 6.58. The van der Waals surface area contributed by atoms with Crippen LogP contribution < -0.4 is 0 Å². The maximum absolute atomic E-state index is 12.9. The minimum atomic E-state index is -0.916. The molecule has 0 aliphatic heterocycles. The van der Waals surface area contributed by atoms with E-state index < -0.39 is 5.97 Å². The molecule has 6 nitrogen and oxygen atoms in total. The maximum atomic E-state index is 12.9. The number of hydrogen-bond acceptors (Lipinski definition) is 3. The van der Waals surface area contributed by atoms with E-state index in [1.807, 2.05) is 52.8 Å². The monoisotopic (exact) mass is 343 g/mol. The van der Waals surface area contributed by atoms with E-state index in [1.54, 1.807) is 15.8 Å². The zero-order valence-electron chi connectivity index (χ0n) is 15.4. The highest BCUT2D eigenvalue weighted by atomic mass is 16.4. The zero-order chi connectivity index (χ0) is 18.7. The molecule has 1 heterocycles. The van der Waals surface area contributed by atoms with E-state index in [9.17, 15) is 9.59 Å². The van der Waals surface area contributed by atoms with Gasteiger partial charge in [0.25, 0.3) is 5.91 Å². The fraction of sp³-hybridized carbons (Fsp3) is 0.421. The summed E-state index contributed by atoms with van der Waals surface area (Å²) in [6.07, 6.45) is 1.49. The lowest BCUT2D eigenvalue weighted by molar-refractivity contribution is -0.137. The van der Waals surface area contributed by atoms with E-state index in [0.717, 1.165) is 22.5 Å². The fourth-order valence-electron chi connectivity index (χ4n) is 2.78. The van der Waals surface area contributed by atoms with E-state index in [4.69, 9.17) is 5.11 Å². The van der Waals surface area contributed by atoms with Gasteiger partial charge in [0.05, 0.1) is 29.6 Å². The van der Waals surface area contributed by atoms with Crippen LogP contribution in [0.25, 0.3) is 5.69 Å². The summed E-state index contributed by atoms with van der Waals surface area (Å²) in [4.78, 5) is 25.3. The summed E-state index contributed by atoms with van der Waals surface area (Å²) in [5.74, 6) is -1.11. The molecule has 0 radical (unpaired) electrons. The molecule has 25 heavy (non-hydrogen) atoms. The van der Waals surface area contributed by atoms with Crippen molar-refractivity contribution in [1.82, 2.24) is 14.7 Å². The van der Waals surface area contributed by atoms with E-state index in [1.165, 1.54) is 0 Å². The van der Waals surface area contributed by atoms with Crippen molar-refractivity contribution in [3.05, 3.63) is 46.8 Å². The van der Waals surface area contributed by atoms with Crippen LogP contribution in [0.2, 0.25) is 0 Å². The number of hydrogen-bond donors (Lipinski definition) is 1. The molecule has 0 atom stereocenters. The first kappa shape index (κ1) is 18.7. The average Bonchev–Trinajstić information content (AvgIpc) is 2.90. The van der Waals surface area contributed by atoms with Gasteiger partial charge in [0.1, 0.15) is 0 Å². The molecule has 1 N–H and O–H groups in total. The third-order valence-corrected chi connectivity index (χ3v) is 4.28. The third kappa shape index (κ3) is 4.07. The van der Waals surface area contributed by atoms with Crippen LogP contribution in [-0.4, -0.2) is 44.3 Å². The molecule has 2 aromatic rings. The molecule has 0 bridgehead atoms. The SMILES string of the molecule is Cc1ccc(C)c(-n2ncc(C(=O)N(CCC(=O)O)C(C)C)c2C)c1. The van der Waals surface area contributed by atoms with E-state index in [2.05, 4.69) is 5.10 Å². The van der Waals surface area contributed by atoms with Gasteiger partial charge in [-0.3, -0.25) is 9.59 Å². The Bertz CT molecular complexity index is 793. The van der Waals surface area contributed by atoms with Crippen molar-refractivity contribution in [3.63, 3.8) is 0 Å². The number of benzene rings is 1. The number of carbonyl (C=O) groups excluding carboxylic acids is 1. The number of carboxylic acids is 1. The quantitative estimate of drug-likeness (QED) is 0.874. The number of rotatable bonds is 6. The number of aliphatic carboxylic acids is 1. The first-order valence-corrected chi connectivity index (χ1v) is 8.37. The van der Waals surface area contributed by atoms with Crippen LogP contribution in [0.1, 0.15) is 47.4 Å². The highest BCUT2D eigenvalue weighted by Gasteiger charge is 2.24. The largest absolute Gasteiger partial charge is 0.481 e. The summed E-state index contributed by atoms with van der Waals surface area (Å²) in [5.41, 5.74) is 4.38. The van der Waals surface area contributed by atoms with Crippen molar-refractivity contribution in [3.8, 4) is 5.69 Å². The van der Waals surface area contributed by atoms with Crippen molar-refractivity contribution in [2.75, 3.05) is 6.54 Å². The molecule has 1 aromatic carbocycles. The molecule has 0 spiro atoms. The number of amides is 1. The summed E-state index contributed by atoms with van der Waals surface area (Å²) in [5, 5.41) is 13.3. The van der Waals surface area contributed by atoms with Gasteiger partial charge >= 0.3 is 5.97 Å². The summed E-state index contributed by atoms with van der Waals surface area (Å²) in [6.45, 7) is 9.82. The number of carbonyl (C=O) groups is 2. The Morgan fingerprint density at radius 3 is 2.52 bits per heavy atom. The average molecular weight is 343 g/mol. The number of aryl methyl sites for hydroxylation is 2. The first-order valence-electron chi connectivity index (χ1n) is 8.37. The predicted octanol–water partition coefficient (Wildman–Crippen LogP) is 3.12. The Labute approximate surface area is 148 Å². The maximum Gasteiger partial charge on any atom is 0.305 e. The third-order valence-electron chi connectivity index (χ3n) is 4.28. The summed E-state index contributed by atoms with van der Waals surface area (Å²) in [7, 11) is 0. The van der Waals surface area contributed by atoms with Crippen molar-refractivity contribution >= 4 is 11.9 Å².